The van der Waals surface area contributed by atoms with E-state index in [4.69, 9.17) is 4.74 Å². The molecule has 0 amide bonds. The van der Waals surface area contributed by atoms with Crippen LogP contribution in [-0.4, -0.2) is 36.0 Å². The van der Waals surface area contributed by atoms with Crippen LogP contribution in [0.15, 0.2) is 53.3 Å². The van der Waals surface area contributed by atoms with E-state index < -0.39 is 11.7 Å². The van der Waals surface area contributed by atoms with Crippen molar-refractivity contribution in [3.8, 4) is 0 Å². The molecule has 4 nitrogen and oxygen atoms in total. The zero-order valence-electron chi connectivity index (χ0n) is 21.8. The van der Waals surface area contributed by atoms with Crippen molar-refractivity contribution in [1.82, 2.24) is 10.2 Å². The van der Waals surface area contributed by atoms with E-state index >= 15 is 0 Å². The minimum absolute atomic E-state index is 0.0978. The molecule has 1 aliphatic rings. The number of nitrogens with zero attached hydrogens (tertiary/aromatic N) is 2. The minimum Gasteiger partial charge on any atom is -0.478 e. The van der Waals surface area contributed by atoms with Gasteiger partial charge in [-0.3, -0.25) is 4.90 Å². The van der Waals surface area contributed by atoms with E-state index in [2.05, 4.69) is 35.6 Å². The Bertz CT molecular complexity index is 838. The lowest BCUT2D eigenvalue weighted by molar-refractivity contribution is -0.137. The minimum atomic E-state index is -4.29. The van der Waals surface area contributed by atoms with Crippen molar-refractivity contribution in [1.29, 1.82) is 0 Å². The summed E-state index contributed by atoms with van der Waals surface area (Å²) in [6.45, 7) is 14.8. The van der Waals surface area contributed by atoms with Gasteiger partial charge in [-0.05, 0) is 55.9 Å². The number of piperidine rings is 1. The lowest BCUT2D eigenvalue weighted by Crippen LogP contribution is -2.37. The van der Waals surface area contributed by atoms with Gasteiger partial charge in [0.25, 0.3) is 0 Å². The van der Waals surface area contributed by atoms with Crippen molar-refractivity contribution in [3.05, 3.63) is 59.4 Å². The Kier molecular flexibility index (Phi) is 11.8. The molecule has 0 aromatic heterocycles. The molecule has 0 radical (unpaired) electrons. The Balaban J connectivity index is 1.78. The highest BCUT2D eigenvalue weighted by atomic mass is 19.4. The number of allylic oxidation sites excluding steroid dienone is 1. The third-order valence-electron chi connectivity index (χ3n) is 6.40. The van der Waals surface area contributed by atoms with Gasteiger partial charge in [-0.15, -0.1) is 0 Å². The highest BCUT2D eigenvalue weighted by Crippen LogP contribution is 2.29. The van der Waals surface area contributed by atoms with Crippen molar-refractivity contribution in [2.75, 3.05) is 13.1 Å². The number of rotatable bonds is 12. The third kappa shape index (κ3) is 10.5. The third-order valence-corrected chi connectivity index (χ3v) is 6.40. The molecular formula is C28H42F3N3O. The SMILES string of the molecule is C=C(NC(CCC)CCCC)/C(C)=C/N=C(C)OC1CCN(Cc2ccc(C(F)(F)F)cc2)CC1. The molecule has 1 aliphatic heterocycles. The molecule has 1 saturated heterocycles. The van der Waals surface area contributed by atoms with Crippen molar-refractivity contribution >= 4 is 5.90 Å². The lowest BCUT2D eigenvalue weighted by atomic mass is 10.0. The van der Waals surface area contributed by atoms with Gasteiger partial charge in [-0.2, -0.15) is 13.2 Å². The molecule has 35 heavy (non-hydrogen) atoms. The molecule has 1 atom stereocenters. The van der Waals surface area contributed by atoms with Gasteiger partial charge in [0.15, 0.2) is 5.90 Å². The number of aliphatic imine (C=N–C) groups is 1. The molecule has 0 saturated carbocycles. The normalized spacial score (nSPS) is 17.3. The zero-order valence-corrected chi connectivity index (χ0v) is 21.8. The smallest absolute Gasteiger partial charge is 0.416 e. The number of alkyl halides is 3. The number of unbranched alkanes of at least 4 members (excludes halogenated alkanes) is 1. The van der Waals surface area contributed by atoms with Crippen LogP contribution >= 0.6 is 0 Å². The fourth-order valence-electron chi connectivity index (χ4n) is 4.23. The summed E-state index contributed by atoms with van der Waals surface area (Å²) < 4.78 is 44.3. The number of hydrogen-bond donors (Lipinski definition) is 1. The van der Waals surface area contributed by atoms with Gasteiger partial charge < -0.3 is 10.1 Å². The first-order valence-corrected chi connectivity index (χ1v) is 12.8. The van der Waals surface area contributed by atoms with Crippen LogP contribution < -0.4 is 5.32 Å². The molecule has 1 unspecified atom stereocenters. The number of likely N-dealkylation sites (tertiary alicyclic amines) is 1. The standard InChI is InChI=1S/C28H42F3N3O/c1-6-8-10-26(9-7-2)33-22(4)21(3)19-32-23(5)35-27-15-17-34(18-16-27)20-24-11-13-25(14-12-24)28(29,30)31/h11-14,19,26-27,33H,4,6-10,15-18,20H2,1-3,5H3/b21-19+,32-23?. The number of ether oxygens (including phenoxy) is 1. The average molecular weight is 494 g/mol. The number of benzene rings is 1. The molecule has 0 spiro atoms. The van der Waals surface area contributed by atoms with E-state index in [1.165, 1.54) is 12.8 Å². The summed E-state index contributed by atoms with van der Waals surface area (Å²) >= 11 is 0. The van der Waals surface area contributed by atoms with Crippen LogP contribution in [0.2, 0.25) is 0 Å². The van der Waals surface area contributed by atoms with E-state index in [9.17, 15) is 13.2 Å². The predicted molar refractivity (Wildman–Crippen MR) is 138 cm³/mol. The van der Waals surface area contributed by atoms with Crippen molar-refractivity contribution in [2.45, 2.75) is 97.5 Å². The van der Waals surface area contributed by atoms with Gasteiger partial charge in [0.05, 0.1) is 5.56 Å². The predicted octanol–water partition coefficient (Wildman–Crippen LogP) is 7.47. The average Bonchev–Trinajstić information content (AvgIpc) is 2.82. The summed E-state index contributed by atoms with van der Waals surface area (Å²) in [5.41, 5.74) is 2.19. The highest BCUT2D eigenvalue weighted by molar-refractivity contribution is 5.74. The van der Waals surface area contributed by atoms with Crippen molar-refractivity contribution in [3.63, 3.8) is 0 Å². The molecule has 1 heterocycles. The zero-order chi connectivity index (χ0) is 25.8. The molecule has 0 bridgehead atoms. The first-order chi connectivity index (χ1) is 16.6. The van der Waals surface area contributed by atoms with E-state index in [0.29, 0.717) is 18.5 Å². The molecule has 1 aromatic rings. The second kappa shape index (κ2) is 14.3. The number of hydrogen-bond acceptors (Lipinski definition) is 4. The van der Waals surface area contributed by atoms with Gasteiger partial charge in [-0.25, -0.2) is 4.99 Å². The molecule has 196 valence electrons. The van der Waals surface area contributed by atoms with Crippen LogP contribution in [-0.2, 0) is 17.5 Å². The Morgan fingerprint density at radius 2 is 1.80 bits per heavy atom. The van der Waals surface area contributed by atoms with Crippen LogP contribution in [0.4, 0.5) is 13.2 Å². The topological polar surface area (TPSA) is 36.9 Å². The maximum Gasteiger partial charge on any atom is 0.416 e. The maximum atomic E-state index is 12.7. The Labute approximate surface area is 209 Å². The second-order valence-corrected chi connectivity index (χ2v) is 9.50. The second-order valence-electron chi connectivity index (χ2n) is 9.50. The molecule has 1 aromatic carbocycles. The molecule has 2 rings (SSSR count). The first-order valence-electron chi connectivity index (χ1n) is 12.8. The summed E-state index contributed by atoms with van der Waals surface area (Å²) in [5.74, 6) is 0.634. The van der Waals surface area contributed by atoms with Gasteiger partial charge in [0, 0.05) is 44.5 Å². The van der Waals surface area contributed by atoms with Crippen LogP contribution in [0.5, 0.6) is 0 Å². The Hall–Kier alpha value is -2.28. The van der Waals surface area contributed by atoms with Crippen LogP contribution in [0.1, 0.15) is 83.8 Å². The van der Waals surface area contributed by atoms with Crippen LogP contribution in [0.3, 0.4) is 0 Å². The summed E-state index contributed by atoms with van der Waals surface area (Å²) in [6.07, 6.45) is 5.17. The van der Waals surface area contributed by atoms with E-state index in [1.54, 1.807) is 12.1 Å². The summed E-state index contributed by atoms with van der Waals surface area (Å²) in [4.78, 5) is 6.75. The van der Waals surface area contributed by atoms with Gasteiger partial charge >= 0.3 is 6.18 Å². The Morgan fingerprint density at radius 1 is 1.14 bits per heavy atom. The van der Waals surface area contributed by atoms with E-state index in [-0.39, 0.29) is 6.10 Å². The van der Waals surface area contributed by atoms with Crippen LogP contribution in [0.25, 0.3) is 0 Å². The fourth-order valence-corrected chi connectivity index (χ4v) is 4.23. The molecule has 7 heteroatoms. The van der Waals surface area contributed by atoms with Gasteiger partial charge in [0.2, 0.25) is 0 Å². The van der Waals surface area contributed by atoms with E-state index in [0.717, 1.165) is 74.2 Å². The summed E-state index contributed by atoms with van der Waals surface area (Å²) in [6, 6.07) is 5.88. The monoisotopic (exact) mass is 493 g/mol. The Morgan fingerprint density at radius 3 is 2.37 bits per heavy atom. The van der Waals surface area contributed by atoms with Crippen molar-refractivity contribution in [2.24, 2.45) is 4.99 Å². The summed E-state index contributed by atoms with van der Waals surface area (Å²) in [7, 11) is 0. The quantitative estimate of drug-likeness (QED) is 0.186. The maximum absolute atomic E-state index is 12.7. The van der Waals surface area contributed by atoms with Crippen LogP contribution in [0, 0.1) is 0 Å². The molecule has 1 N–H and O–H groups in total. The number of nitrogens with one attached hydrogen (secondary N) is 1. The van der Waals surface area contributed by atoms with Gasteiger partial charge in [0.1, 0.15) is 6.10 Å². The lowest BCUT2D eigenvalue weighted by Gasteiger charge is -2.32. The largest absolute Gasteiger partial charge is 0.478 e. The molecule has 1 fully saturated rings. The molecule has 0 aliphatic carbocycles. The highest BCUT2D eigenvalue weighted by Gasteiger charge is 2.30. The summed E-state index contributed by atoms with van der Waals surface area (Å²) in [5, 5.41) is 3.56. The first kappa shape index (κ1) is 29.0. The van der Waals surface area contributed by atoms with Gasteiger partial charge in [-0.1, -0.05) is 51.8 Å². The van der Waals surface area contributed by atoms with E-state index in [1.807, 2.05) is 20.0 Å². The molecular weight excluding hydrogens is 451 g/mol. The van der Waals surface area contributed by atoms with Crippen molar-refractivity contribution < 1.29 is 17.9 Å². The fraction of sp³-hybridized carbons (Fsp3) is 0.607. The number of halogens is 3.